The van der Waals surface area contributed by atoms with Crippen molar-refractivity contribution in [1.29, 1.82) is 0 Å². The van der Waals surface area contributed by atoms with Crippen LogP contribution in [0.15, 0.2) is 79.0 Å². The third-order valence-corrected chi connectivity index (χ3v) is 5.80. The number of nitrogens with zero attached hydrogens (tertiary/aromatic N) is 2. The second kappa shape index (κ2) is 9.80. The number of hydrogen-bond acceptors (Lipinski definition) is 5. The maximum atomic E-state index is 12.6. The van der Waals surface area contributed by atoms with Gasteiger partial charge < -0.3 is 21.3 Å². The number of halogens is 1. The van der Waals surface area contributed by atoms with Crippen molar-refractivity contribution in [3.8, 4) is 0 Å². The monoisotopic (exact) mass is 470 g/mol. The maximum absolute atomic E-state index is 12.6. The number of anilines is 5. The number of carbonyl (C=O) groups is 1. The molecule has 2 amide bonds. The minimum Gasteiger partial charge on any atom is -0.339 e. The number of urea groups is 1. The van der Waals surface area contributed by atoms with Crippen LogP contribution in [-0.2, 0) is 19.4 Å². The smallest absolute Gasteiger partial charge is 0.319 e. The second-order valence-electron chi connectivity index (χ2n) is 8.01. The van der Waals surface area contributed by atoms with E-state index in [1.165, 1.54) is 0 Å². The van der Waals surface area contributed by atoms with Crippen molar-refractivity contribution in [2.75, 3.05) is 16.0 Å². The number of amides is 2. The van der Waals surface area contributed by atoms with Gasteiger partial charge in [-0.15, -0.1) is 0 Å². The molecule has 8 heteroatoms. The van der Waals surface area contributed by atoms with Crippen LogP contribution in [0.25, 0.3) is 0 Å². The van der Waals surface area contributed by atoms with Gasteiger partial charge in [-0.3, -0.25) is 0 Å². The third kappa shape index (κ3) is 5.27. The summed E-state index contributed by atoms with van der Waals surface area (Å²) in [5, 5.41) is 12.8. The predicted octanol–water partition coefficient (Wildman–Crippen LogP) is 6.04. The number of aryl methyl sites for hydroxylation is 2. The standard InChI is InChI=1S/C26H23ClN6O/c27-22-16-28-25-31-20-8-4-7-17(13-20)9-10-19-14-21(30-24(22)33-25)11-12-23(19)32-26(34)29-15-18-5-2-1-3-6-18/h1-8,11-14,16H,9-10,15H2,(H2,29,32,34)(H2,28,30,31,33). The quantitative estimate of drug-likeness (QED) is 0.293. The number of fused-ring (bicyclic) bond motifs is 6. The van der Waals surface area contributed by atoms with Crippen LogP contribution >= 0.6 is 11.6 Å². The van der Waals surface area contributed by atoms with E-state index in [2.05, 4.69) is 43.4 Å². The lowest BCUT2D eigenvalue weighted by atomic mass is 10.0. The van der Waals surface area contributed by atoms with Gasteiger partial charge >= 0.3 is 6.03 Å². The first-order chi connectivity index (χ1) is 16.6. The molecule has 0 fully saturated rings. The van der Waals surface area contributed by atoms with Gasteiger partial charge in [0, 0.05) is 23.6 Å². The molecule has 170 valence electrons. The number of carbonyl (C=O) groups excluding carboxylic acids is 1. The molecule has 0 aliphatic carbocycles. The summed E-state index contributed by atoms with van der Waals surface area (Å²) in [4.78, 5) is 21.4. The van der Waals surface area contributed by atoms with Crippen LogP contribution in [0.4, 0.5) is 33.6 Å². The zero-order chi connectivity index (χ0) is 23.3. The zero-order valence-electron chi connectivity index (χ0n) is 18.3. The van der Waals surface area contributed by atoms with Crippen molar-refractivity contribution in [1.82, 2.24) is 15.3 Å². The molecule has 0 saturated heterocycles. The number of rotatable bonds is 3. The van der Waals surface area contributed by atoms with Crippen LogP contribution in [-0.4, -0.2) is 16.0 Å². The van der Waals surface area contributed by atoms with Crippen LogP contribution in [0.5, 0.6) is 0 Å². The van der Waals surface area contributed by atoms with Crippen molar-refractivity contribution >= 4 is 46.5 Å². The molecular formula is C26H23ClN6O. The number of benzene rings is 3. The van der Waals surface area contributed by atoms with Gasteiger partial charge in [-0.1, -0.05) is 54.1 Å². The molecule has 0 spiro atoms. The lowest BCUT2D eigenvalue weighted by Crippen LogP contribution is -2.28. The van der Waals surface area contributed by atoms with E-state index in [-0.39, 0.29) is 6.03 Å². The second-order valence-corrected chi connectivity index (χ2v) is 8.41. The molecule has 1 aliphatic heterocycles. The summed E-state index contributed by atoms with van der Waals surface area (Å²) in [6, 6.07) is 23.5. The Hall–Kier alpha value is -4.10. The van der Waals surface area contributed by atoms with Gasteiger partial charge in [-0.05, 0) is 59.9 Å². The van der Waals surface area contributed by atoms with E-state index in [1.54, 1.807) is 6.20 Å². The topological polar surface area (TPSA) is 91.0 Å². The number of nitrogens with one attached hydrogen (secondary N) is 4. The number of hydrogen-bond donors (Lipinski definition) is 4. The molecule has 7 nitrogen and oxygen atoms in total. The van der Waals surface area contributed by atoms with Gasteiger partial charge in [0.25, 0.3) is 0 Å². The zero-order valence-corrected chi connectivity index (χ0v) is 19.1. The molecule has 5 rings (SSSR count). The maximum Gasteiger partial charge on any atom is 0.319 e. The highest BCUT2D eigenvalue weighted by atomic mass is 35.5. The van der Waals surface area contributed by atoms with E-state index < -0.39 is 0 Å². The van der Waals surface area contributed by atoms with Gasteiger partial charge in [0.05, 0.1) is 6.20 Å². The summed E-state index contributed by atoms with van der Waals surface area (Å²) < 4.78 is 0. The van der Waals surface area contributed by atoms with Crippen molar-refractivity contribution in [3.63, 3.8) is 0 Å². The summed E-state index contributed by atoms with van der Waals surface area (Å²) in [6.07, 6.45) is 3.11. The SMILES string of the molecule is O=C(NCc1ccccc1)Nc1ccc2cc1CCc1cccc(c1)Nc1ncc(Cl)c(n1)N2. The average Bonchev–Trinajstić information content (AvgIpc) is 2.86. The van der Waals surface area contributed by atoms with Gasteiger partial charge in [-0.2, -0.15) is 4.98 Å². The Morgan fingerprint density at radius 2 is 1.79 bits per heavy atom. The molecule has 4 aromatic rings. The molecule has 3 aromatic carbocycles. The molecule has 0 unspecified atom stereocenters. The first-order valence-electron chi connectivity index (χ1n) is 11.0. The molecule has 4 N–H and O–H groups in total. The van der Waals surface area contributed by atoms with Crippen LogP contribution in [0, 0.1) is 0 Å². The van der Waals surface area contributed by atoms with Crippen molar-refractivity contribution < 1.29 is 4.79 Å². The Morgan fingerprint density at radius 1 is 0.941 bits per heavy atom. The highest BCUT2D eigenvalue weighted by molar-refractivity contribution is 6.32. The third-order valence-electron chi connectivity index (χ3n) is 5.52. The average molecular weight is 471 g/mol. The van der Waals surface area contributed by atoms with E-state index in [4.69, 9.17) is 11.6 Å². The van der Waals surface area contributed by atoms with E-state index >= 15 is 0 Å². The summed E-state index contributed by atoms with van der Waals surface area (Å²) in [7, 11) is 0. The predicted molar refractivity (Wildman–Crippen MR) is 136 cm³/mol. The minimum atomic E-state index is -0.251. The summed E-state index contributed by atoms with van der Waals surface area (Å²) >= 11 is 6.34. The van der Waals surface area contributed by atoms with E-state index in [0.29, 0.717) is 23.3 Å². The molecule has 0 saturated carbocycles. The first kappa shape index (κ1) is 21.7. The lowest BCUT2D eigenvalue weighted by molar-refractivity contribution is 0.251. The Bertz CT molecular complexity index is 1330. The lowest BCUT2D eigenvalue weighted by Gasteiger charge is -2.15. The van der Waals surface area contributed by atoms with Gasteiger partial charge in [0.2, 0.25) is 5.95 Å². The van der Waals surface area contributed by atoms with Crippen molar-refractivity contribution in [3.05, 3.63) is 101 Å². The summed E-state index contributed by atoms with van der Waals surface area (Å²) in [6.45, 7) is 0.454. The Kier molecular flexibility index (Phi) is 6.27. The highest BCUT2D eigenvalue weighted by Crippen LogP contribution is 2.29. The normalized spacial score (nSPS) is 12.1. The molecule has 34 heavy (non-hydrogen) atoms. The number of aromatic nitrogens is 2. The van der Waals surface area contributed by atoms with Crippen molar-refractivity contribution in [2.45, 2.75) is 19.4 Å². The fraction of sp³-hybridized carbons (Fsp3) is 0.115. The Morgan fingerprint density at radius 3 is 2.68 bits per heavy atom. The summed E-state index contributed by atoms with van der Waals surface area (Å²) in [5.41, 5.74) is 5.68. The Balaban J connectivity index is 1.42. The largest absolute Gasteiger partial charge is 0.339 e. The Labute approximate surface area is 202 Å². The molecule has 1 aromatic heterocycles. The summed E-state index contributed by atoms with van der Waals surface area (Å²) in [5.74, 6) is 0.957. The molecule has 0 atom stereocenters. The molecular weight excluding hydrogens is 448 g/mol. The first-order valence-corrected chi connectivity index (χ1v) is 11.4. The van der Waals surface area contributed by atoms with Crippen LogP contribution < -0.4 is 21.3 Å². The van der Waals surface area contributed by atoms with Crippen molar-refractivity contribution in [2.24, 2.45) is 0 Å². The van der Waals surface area contributed by atoms with Gasteiger partial charge in [0.15, 0.2) is 5.82 Å². The van der Waals surface area contributed by atoms with Crippen LogP contribution in [0.2, 0.25) is 5.02 Å². The van der Waals surface area contributed by atoms with E-state index in [9.17, 15) is 4.79 Å². The molecule has 0 radical (unpaired) electrons. The highest BCUT2D eigenvalue weighted by Gasteiger charge is 2.12. The molecule has 1 aliphatic rings. The van der Waals surface area contributed by atoms with Crippen LogP contribution in [0.3, 0.4) is 0 Å². The van der Waals surface area contributed by atoms with Gasteiger partial charge in [-0.25, -0.2) is 9.78 Å². The van der Waals surface area contributed by atoms with E-state index in [1.807, 2.05) is 60.7 Å². The fourth-order valence-electron chi connectivity index (χ4n) is 3.81. The van der Waals surface area contributed by atoms with E-state index in [0.717, 1.165) is 46.6 Å². The fourth-order valence-corrected chi connectivity index (χ4v) is 3.95. The van der Waals surface area contributed by atoms with Crippen LogP contribution in [0.1, 0.15) is 16.7 Å². The molecule has 6 bridgehead atoms. The van der Waals surface area contributed by atoms with Gasteiger partial charge in [0.1, 0.15) is 5.02 Å². The molecule has 2 heterocycles. The minimum absolute atomic E-state index is 0.251.